The smallest absolute Gasteiger partial charge is 0.193 e. The summed E-state index contributed by atoms with van der Waals surface area (Å²) in [6.45, 7) is 8.67. The number of guanidine groups is 1. The highest BCUT2D eigenvalue weighted by molar-refractivity contribution is 5.92. The lowest BCUT2D eigenvalue weighted by atomic mass is 9.80. The van der Waals surface area contributed by atoms with Crippen LogP contribution in [0.4, 0.5) is 5.69 Å². The van der Waals surface area contributed by atoms with E-state index < -0.39 is 0 Å². The van der Waals surface area contributed by atoms with E-state index in [0.29, 0.717) is 5.96 Å². The van der Waals surface area contributed by atoms with E-state index >= 15 is 0 Å². The minimum Gasteiger partial charge on any atom is -0.379 e. The van der Waals surface area contributed by atoms with Gasteiger partial charge >= 0.3 is 0 Å². The van der Waals surface area contributed by atoms with Gasteiger partial charge in [0, 0.05) is 24.3 Å². The predicted octanol–water partition coefficient (Wildman–Crippen LogP) is 3.07. The molecule has 0 atom stereocenters. The van der Waals surface area contributed by atoms with E-state index in [2.05, 4.69) is 42.3 Å². The van der Waals surface area contributed by atoms with Gasteiger partial charge in [-0.05, 0) is 49.9 Å². The Morgan fingerprint density at radius 1 is 1.12 bits per heavy atom. The van der Waals surface area contributed by atoms with Gasteiger partial charge in [-0.15, -0.1) is 0 Å². The second-order valence-electron chi connectivity index (χ2n) is 7.59. The highest BCUT2D eigenvalue weighted by Gasteiger charge is 2.38. The molecule has 1 heterocycles. The van der Waals surface area contributed by atoms with Crippen molar-refractivity contribution < 1.29 is 4.74 Å². The van der Waals surface area contributed by atoms with E-state index in [0.717, 1.165) is 38.5 Å². The van der Waals surface area contributed by atoms with E-state index in [1.165, 1.54) is 43.2 Å². The van der Waals surface area contributed by atoms with Crippen LogP contribution in [0.5, 0.6) is 0 Å². The molecule has 1 saturated heterocycles. The molecule has 0 unspecified atom stereocenters. The summed E-state index contributed by atoms with van der Waals surface area (Å²) in [6.07, 6.45) is 6.35. The first-order valence-electron chi connectivity index (χ1n) is 9.55. The number of nitrogens with two attached hydrogens (primary N) is 1. The largest absolute Gasteiger partial charge is 0.379 e. The Bertz CT molecular complexity index is 581. The van der Waals surface area contributed by atoms with Crippen LogP contribution in [0.2, 0.25) is 0 Å². The first kappa shape index (κ1) is 18.2. The maximum absolute atomic E-state index is 6.21. The summed E-state index contributed by atoms with van der Waals surface area (Å²) in [5.74, 6) is 0.517. The number of aliphatic imine (C=N–C) groups is 1. The number of morpholine rings is 1. The fourth-order valence-corrected chi connectivity index (χ4v) is 4.29. The average Bonchev–Trinajstić information content (AvgIpc) is 2.61. The topological polar surface area (TPSA) is 62.9 Å². The maximum Gasteiger partial charge on any atom is 0.193 e. The van der Waals surface area contributed by atoms with Gasteiger partial charge < -0.3 is 15.8 Å². The normalized spacial score (nSPS) is 21.9. The summed E-state index contributed by atoms with van der Waals surface area (Å²) < 4.78 is 5.55. The van der Waals surface area contributed by atoms with Gasteiger partial charge in [-0.3, -0.25) is 9.89 Å². The van der Waals surface area contributed by atoms with Gasteiger partial charge in [0.15, 0.2) is 5.96 Å². The van der Waals surface area contributed by atoms with Gasteiger partial charge in [-0.1, -0.05) is 25.3 Å². The Morgan fingerprint density at radius 3 is 2.40 bits per heavy atom. The molecule has 2 fully saturated rings. The summed E-state index contributed by atoms with van der Waals surface area (Å²) in [7, 11) is 0. The highest BCUT2D eigenvalue weighted by atomic mass is 16.5. The molecule has 0 bridgehead atoms. The molecule has 0 spiro atoms. The molecule has 0 amide bonds. The van der Waals surface area contributed by atoms with Crippen LogP contribution in [-0.2, 0) is 4.74 Å². The zero-order chi connectivity index (χ0) is 17.7. The van der Waals surface area contributed by atoms with Crippen molar-refractivity contribution in [3.8, 4) is 0 Å². The van der Waals surface area contributed by atoms with E-state index in [9.17, 15) is 0 Å². The second-order valence-corrected chi connectivity index (χ2v) is 7.59. The lowest BCUT2D eigenvalue weighted by Crippen LogP contribution is -2.56. The molecule has 1 aromatic carbocycles. The fraction of sp³-hybridized carbons (Fsp3) is 0.650. The quantitative estimate of drug-likeness (QED) is 0.651. The zero-order valence-corrected chi connectivity index (χ0v) is 15.7. The highest BCUT2D eigenvalue weighted by Crippen LogP contribution is 2.34. The van der Waals surface area contributed by atoms with Gasteiger partial charge in [0.1, 0.15) is 0 Å². The van der Waals surface area contributed by atoms with Crippen molar-refractivity contribution in [1.29, 1.82) is 0 Å². The van der Waals surface area contributed by atoms with Gasteiger partial charge in [0.2, 0.25) is 0 Å². The van der Waals surface area contributed by atoms with Crippen LogP contribution >= 0.6 is 0 Å². The van der Waals surface area contributed by atoms with Crippen LogP contribution in [0.15, 0.2) is 23.2 Å². The summed E-state index contributed by atoms with van der Waals surface area (Å²) >= 11 is 0. The molecular formula is C20H32N4O. The van der Waals surface area contributed by atoms with Crippen LogP contribution in [-0.4, -0.2) is 49.2 Å². The maximum atomic E-state index is 6.21. The van der Waals surface area contributed by atoms with E-state index in [1.807, 2.05) is 0 Å². The van der Waals surface area contributed by atoms with Crippen LogP contribution in [0, 0.1) is 13.8 Å². The summed E-state index contributed by atoms with van der Waals surface area (Å²) in [5.41, 5.74) is 9.85. The Balaban J connectivity index is 1.69. The van der Waals surface area contributed by atoms with Crippen molar-refractivity contribution in [2.45, 2.75) is 51.5 Å². The zero-order valence-electron chi connectivity index (χ0n) is 15.7. The van der Waals surface area contributed by atoms with Crippen LogP contribution < -0.4 is 11.1 Å². The van der Waals surface area contributed by atoms with E-state index in [4.69, 9.17) is 15.5 Å². The average molecular weight is 345 g/mol. The van der Waals surface area contributed by atoms with Gasteiger partial charge in [0.25, 0.3) is 0 Å². The van der Waals surface area contributed by atoms with Crippen LogP contribution in [0.3, 0.4) is 0 Å². The molecule has 1 aliphatic heterocycles. The predicted molar refractivity (Wildman–Crippen MR) is 104 cm³/mol. The Kier molecular flexibility index (Phi) is 5.97. The number of nitrogens with zero attached hydrogens (tertiary/aromatic N) is 2. The van der Waals surface area contributed by atoms with Crippen molar-refractivity contribution in [2.24, 2.45) is 10.7 Å². The monoisotopic (exact) mass is 344 g/mol. The Morgan fingerprint density at radius 2 is 1.76 bits per heavy atom. The van der Waals surface area contributed by atoms with Crippen LogP contribution in [0.25, 0.3) is 0 Å². The number of benzene rings is 1. The molecule has 5 heteroatoms. The standard InChI is InChI=1S/C20H32N4O/c1-16-12-17(2)14-18(13-16)23-19(21)22-15-20(6-4-3-5-7-20)24-8-10-25-11-9-24/h12-14H,3-11,15H2,1-2H3,(H3,21,22,23). The van der Waals surface area contributed by atoms with Crippen LogP contribution in [0.1, 0.15) is 43.2 Å². The minimum absolute atomic E-state index is 0.164. The SMILES string of the molecule is Cc1cc(C)cc(NC(N)=NCC2(N3CCOCC3)CCCCC2)c1. The minimum atomic E-state index is 0.164. The number of ether oxygens (including phenoxy) is 1. The van der Waals surface area contributed by atoms with Crippen molar-refractivity contribution in [3.63, 3.8) is 0 Å². The summed E-state index contributed by atoms with van der Waals surface area (Å²) in [5, 5.41) is 3.27. The molecule has 0 radical (unpaired) electrons. The molecule has 25 heavy (non-hydrogen) atoms. The first-order valence-corrected chi connectivity index (χ1v) is 9.55. The molecule has 1 aliphatic carbocycles. The molecule has 3 N–H and O–H groups in total. The lowest BCUT2D eigenvalue weighted by Gasteiger charge is -2.47. The molecule has 1 aromatic rings. The summed E-state index contributed by atoms with van der Waals surface area (Å²) in [6, 6.07) is 6.37. The second kappa shape index (κ2) is 8.19. The third-order valence-corrected chi connectivity index (χ3v) is 5.50. The molecule has 5 nitrogen and oxygen atoms in total. The molecule has 1 saturated carbocycles. The first-order chi connectivity index (χ1) is 12.1. The number of rotatable bonds is 4. The molecule has 2 aliphatic rings. The molecule has 138 valence electrons. The van der Waals surface area contributed by atoms with Crippen molar-refractivity contribution >= 4 is 11.6 Å². The van der Waals surface area contributed by atoms with Crippen molar-refractivity contribution in [2.75, 3.05) is 38.2 Å². The molecule has 3 rings (SSSR count). The van der Waals surface area contributed by atoms with Crippen molar-refractivity contribution in [1.82, 2.24) is 4.90 Å². The number of aryl methyl sites for hydroxylation is 2. The van der Waals surface area contributed by atoms with Gasteiger partial charge in [-0.2, -0.15) is 0 Å². The third kappa shape index (κ3) is 4.73. The van der Waals surface area contributed by atoms with Gasteiger partial charge in [0.05, 0.1) is 19.8 Å². The molecular weight excluding hydrogens is 312 g/mol. The number of nitrogens with one attached hydrogen (secondary N) is 1. The number of hydrogen-bond acceptors (Lipinski definition) is 3. The Labute approximate surface area is 151 Å². The van der Waals surface area contributed by atoms with Crippen molar-refractivity contribution in [3.05, 3.63) is 29.3 Å². The molecule has 0 aromatic heterocycles. The van der Waals surface area contributed by atoms with E-state index in [-0.39, 0.29) is 5.54 Å². The third-order valence-electron chi connectivity index (χ3n) is 5.50. The fourth-order valence-electron chi connectivity index (χ4n) is 4.29. The summed E-state index contributed by atoms with van der Waals surface area (Å²) in [4.78, 5) is 7.35. The number of anilines is 1. The van der Waals surface area contributed by atoms with E-state index in [1.54, 1.807) is 0 Å². The lowest BCUT2D eigenvalue weighted by molar-refractivity contribution is -0.0333. The Hall–Kier alpha value is -1.59. The number of hydrogen-bond donors (Lipinski definition) is 2. The van der Waals surface area contributed by atoms with Gasteiger partial charge in [-0.25, -0.2) is 0 Å².